The number of piperidine rings is 2. The van der Waals surface area contributed by atoms with Gasteiger partial charge in [0, 0.05) is 52.0 Å². The van der Waals surface area contributed by atoms with Crippen LogP contribution in [-0.4, -0.2) is 76.8 Å². The van der Waals surface area contributed by atoms with Gasteiger partial charge in [-0.15, -0.1) is 0 Å². The van der Waals surface area contributed by atoms with E-state index in [-0.39, 0.29) is 23.3 Å². The number of likely N-dealkylation sites (tertiary alicyclic amines) is 2. The number of nitrogens with zero attached hydrogens (tertiary/aromatic N) is 4. The van der Waals surface area contributed by atoms with E-state index in [2.05, 4.69) is 10.3 Å². The van der Waals surface area contributed by atoms with Gasteiger partial charge in [0.15, 0.2) is 0 Å². The highest BCUT2D eigenvalue weighted by molar-refractivity contribution is 5.90. The standard InChI is InChI=1S/C20H27N5O3/c1-23-13-16(22-19(23)28)18(27)24-10-6-20(7-11-24)5-2-17(26)25(14-20)12-15-3-8-21-9-4-15/h3-4,8-9,16H,2,5-7,10-14H2,1H3,(H,22,28)/t16-/m1/s1. The molecule has 0 saturated carbocycles. The van der Waals surface area contributed by atoms with Crippen molar-refractivity contribution in [2.75, 3.05) is 33.2 Å². The predicted molar refractivity (Wildman–Crippen MR) is 102 cm³/mol. The molecule has 150 valence electrons. The number of hydrogen-bond acceptors (Lipinski definition) is 4. The number of nitrogens with one attached hydrogen (secondary N) is 1. The van der Waals surface area contributed by atoms with Gasteiger partial charge in [0.2, 0.25) is 11.8 Å². The maximum atomic E-state index is 12.7. The van der Waals surface area contributed by atoms with Gasteiger partial charge in [0.25, 0.3) is 0 Å². The van der Waals surface area contributed by atoms with Crippen LogP contribution < -0.4 is 5.32 Å². The molecule has 0 unspecified atom stereocenters. The highest BCUT2D eigenvalue weighted by atomic mass is 16.2. The second kappa shape index (κ2) is 7.41. The maximum absolute atomic E-state index is 12.7. The second-order valence-corrected chi connectivity index (χ2v) is 8.31. The van der Waals surface area contributed by atoms with Gasteiger partial charge in [-0.3, -0.25) is 14.6 Å². The van der Waals surface area contributed by atoms with Crippen molar-refractivity contribution in [3.63, 3.8) is 0 Å². The van der Waals surface area contributed by atoms with Crippen LogP contribution in [0.2, 0.25) is 0 Å². The topological polar surface area (TPSA) is 85.8 Å². The third kappa shape index (κ3) is 3.68. The Morgan fingerprint density at radius 2 is 1.93 bits per heavy atom. The quantitative estimate of drug-likeness (QED) is 0.835. The molecule has 8 heteroatoms. The zero-order valence-corrected chi connectivity index (χ0v) is 16.3. The molecule has 0 radical (unpaired) electrons. The molecule has 0 bridgehead atoms. The van der Waals surface area contributed by atoms with Gasteiger partial charge in [-0.1, -0.05) is 0 Å². The molecule has 28 heavy (non-hydrogen) atoms. The van der Waals surface area contributed by atoms with E-state index in [9.17, 15) is 14.4 Å². The van der Waals surface area contributed by atoms with Crippen LogP contribution in [0, 0.1) is 5.41 Å². The number of aromatic nitrogens is 1. The summed E-state index contributed by atoms with van der Waals surface area (Å²) in [5.74, 6) is 0.214. The molecule has 0 aromatic carbocycles. The molecule has 1 N–H and O–H groups in total. The van der Waals surface area contributed by atoms with Gasteiger partial charge in [-0.25, -0.2) is 4.79 Å². The Morgan fingerprint density at radius 1 is 1.21 bits per heavy atom. The Morgan fingerprint density at radius 3 is 2.57 bits per heavy atom. The van der Waals surface area contributed by atoms with Crippen LogP contribution in [0.1, 0.15) is 31.2 Å². The summed E-state index contributed by atoms with van der Waals surface area (Å²) in [7, 11) is 1.70. The first-order chi connectivity index (χ1) is 13.5. The average molecular weight is 385 g/mol. The van der Waals surface area contributed by atoms with Crippen molar-refractivity contribution in [2.24, 2.45) is 5.41 Å². The third-order valence-electron chi connectivity index (χ3n) is 6.41. The lowest BCUT2D eigenvalue weighted by molar-refractivity contribution is -0.143. The van der Waals surface area contributed by atoms with Crippen molar-refractivity contribution in [2.45, 2.75) is 38.3 Å². The maximum Gasteiger partial charge on any atom is 0.317 e. The molecular weight excluding hydrogens is 358 g/mol. The molecule has 0 aliphatic carbocycles. The summed E-state index contributed by atoms with van der Waals surface area (Å²) in [4.78, 5) is 46.2. The average Bonchev–Trinajstić information content (AvgIpc) is 3.04. The van der Waals surface area contributed by atoms with E-state index < -0.39 is 6.04 Å². The van der Waals surface area contributed by atoms with Crippen molar-refractivity contribution >= 4 is 17.8 Å². The van der Waals surface area contributed by atoms with E-state index in [4.69, 9.17) is 0 Å². The van der Waals surface area contributed by atoms with E-state index in [1.807, 2.05) is 21.9 Å². The van der Waals surface area contributed by atoms with Crippen LogP contribution >= 0.6 is 0 Å². The molecule has 1 atom stereocenters. The lowest BCUT2D eigenvalue weighted by Crippen LogP contribution is -2.54. The van der Waals surface area contributed by atoms with Crippen molar-refractivity contribution in [1.82, 2.24) is 25.0 Å². The fourth-order valence-corrected chi connectivity index (χ4v) is 4.59. The number of amides is 4. The molecule has 3 saturated heterocycles. The normalized spacial score (nSPS) is 24.6. The Kier molecular flexibility index (Phi) is 4.95. The summed E-state index contributed by atoms with van der Waals surface area (Å²) in [5, 5.41) is 2.75. The van der Waals surface area contributed by atoms with Gasteiger partial charge in [-0.2, -0.15) is 0 Å². The number of likely N-dealkylation sites (N-methyl/N-ethyl adjacent to an activating group) is 1. The first-order valence-electron chi connectivity index (χ1n) is 9.93. The summed E-state index contributed by atoms with van der Waals surface area (Å²) in [6.45, 7) is 3.16. The minimum absolute atomic E-state index is 0.00748. The summed E-state index contributed by atoms with van der Waals surface area (Å²) >= 11 is 0. The van der Waals surface area contributed by atoms with Crippen LogP contribution in [0.3, 0.4) is 0 Å². The molecule has 3 aliphatic rings. The first kappa shape index (κ1) is 18.7. The number of rotatable bonds is 3. The lowest BCUT2D eigenvalue weighted by atomic mass is 9.72. The molecule has 1 aromatic rings. The Balaban J connectivity index is 1.36. The number of pyridine rings is 1. The minimum atomic E-state index is -0.442. The largest absolute Gasteiger partial charge is 0.341 e. The van der Waals surface area contributed by atoms with E-state index in [1.54, 1.807) is 19.4 Å². The van der Waals surface area contributed by atoms with Crippen LogP contribution in [0.25, 0.3) is 0 Å². The van der Waals surface area contributed by atoms with Crippen molar-refractivity contribution in [3.8, 4) is 0 Å². The van der Waals surface area contributed by atoms with Gasteiger partial charge < -0.3 is 20.0 Å². The van der Waals surface area contributed by atoms with Crippen LogP contribution in [0.5, 0.6) is 0 Å². The van der Waals surface area contributed by atoms with Gasteiger partial charge in [-0.05, 0) is 42.4 Å². The molecule has 1 spiro atoms. The van der Waals surface area contributed by atoms with Crippen molar-refractivity contribution < 1.29 is 14.4 Å². The summed E-state index contributed by atoms with van der Waals surface area (Å²) in [6, 6.07) is 3.26. The van der Waals surface area contributed by atoms with Crippen molar-refractivity contribution in [1.29, 1.82) is 0 Å². The molecule has 3 fully saturated rings. The smallest absolute Gasteiger partial charge is 0.317 e. The molecule has 3 aliphatic heterocycles. The van der Waals surface area contributed by atoms with Gasteiger partial charge in [0.1, 0.15) is 6.04 Å². The van der Waals surface area contributed by atoms with E-state index in [0.29, 0.717) is 32.6 Å². The molecule has 4 amide bonds. The van der Waals surface area contributed by atoms with Gasteiger partial charge in [0.05, 0.1) is 6.54 Å². The van der Waals surface area contributed by atoms with Gasteiger partial charge >= 0.3 is 6.03 Å². The Labute approximate surface area is 164 Å². The third-order valence-corrected chi connectivity index (χ3v) is 6.41. The van der Waals surface area contributed by atoms with Crippen LogP contribution in [0.4, 0.5) is 4.79 Å². The Hall–Kier alpha value is -2.64. The van der Waals surface area contributed by atoms with Crippen molar-refractivity contribution in [3.05, 3.63) is 30.1 Å². The molecule has 4 rings (SSSR count). The van der Waals surface area contributed by atoms with E-state index in [0.717, 1.165) is 31.4 Å². The number of urea groups is 1. The fourth-order valence-electron chi connectivity index (χ4n) is 4.59. The highest BCUT2D eigenvalue weighted by Crippen LogP contribution is 2.40. The monoisotopic (exact) mass is 385 g/mol. The predicted octanol–water partition coefficient (Wildman–Crippen LogP) is 0.836. The summed E-state index contributed by atoms with van der Waals surface area (Å²) in [5.41, 5.74) is 1.18. The molecular formula is C20H27N5O3. The zero-order valence-electron chi connectivity index (χ0n) is 16.3. The summed E-state index contributed by atoms with van der Waals surface area (Å²) < 4.78 is 0. The van der Waals surface area contributed by atoms with Crippen LogP contribution in [0.15, 0.2) is 24.5 Å². The minimum Gasteiger partial charge on any atom is -0.341 e. The number of carbonyl (C=O) groups is 3. The molecule has 1 aromatic heterocycles. The number of hydrogen-bond donors (Lipinski definition) is 1. The zero-order chi connectivity index (χ0) is 19.7. The molecule has 4 heterocycles. The Bertz CT molecular complexity index is 760. The molecule has 8 nitrogen and oxygen atoms in total. The SMILES string of the molecule is CN1C[C@H](C(=O)N2CCC3(CCC(=O)N(Cc4ccncc4)C3)CC2)NC1=O. The van der Waals surface area contributed by atoms with E-state index >= 15 is 0 Å². The lowest BCUT2D eigenvalue weighted by Gasteiger charge is -2.47. The van der Waals surface area contributed by atoms with E-state index in [1.165, 1.54) is 4.90 Å². The van der Waals surface area contributed by atoms with Crippen LogP contribution in [-0.2, 0) is 16.1 Å². The first-order valence-corrected chi connectivity index (χ1v) is 9.93. The number of carbonyl (C=O) groups excluding carboxylic acids is 3. The highest BCUT2D eigenvalue weighted by Gasteiger charge is 2.43. The summed E-state index contributed by atoms with van der Waals surface area (Å²) in [6.07, 6.45) is 6.77. The second-order valence-electron chi connectivity index (χ2n) is 8.31. The fraction of sp³-hybridized carbons (Fsp3) is 0.600.